The summed E-state index contributed by atoms with van der Waals surface area (Å²) in [5.74, 6) is 1.07. The first-order valence-electron chi connectivity index (χ1n) is 9.77. The standard InChI is InChI=1S/C24H20F3N3OS/c1-31-19-9-7-17(8-10-19)14-30-32(16-18-5-3-2-4-6-18)12-11-20-22(13-28)29-15-21(23(20)32)24(25,26)27/h2-12,15,30H,14,16H2,1H3. The highest BCUT2D eigenvalue weighted by molar-refractivity contribution is 8.34. The Morgan fingerprint density at radius 2 is 1.78 bits per heavy atom. The van der Waals surface area contributed by atoms with Gasteiger partial charge in [-0.1, -0.05) is 42.5 Å². The minimum atomic E-state index is -4.59. The number of methoxy groups -OCH3 is 1. The molecule has 0 saturated heterocycles. The van der Waals surface area contributed by atoms with E-state index in [-0.39, 0.29) is 16.2 Å². The number of pyridine rings is 1. The van der Waals surface area contributed by atoms with Gasteiger partial charge in [-0.05, 0) is 34.7 Å². The number of halogens is 3. The van der Waals surface area contributed by atoms with E-state index in [1.165, 1.54) is 0 Å². The number of alkyl halides is 3. The fourth-order valence-corrected chi connectivity index (χ4v) is 7.03. The van der Waals surface area contributed by atoms with Crippen molar-refractivity contribution in [1.29, 1.82) is 5.26 Å². The van der Waals surface area contributed by atoms with E-state index in [0.717, 1.165) is 17.3 Å². The largest absolute Gasteiger partial charge is 0.497 e. The highest BCUT2D eigenvalue weighted by atomic mass is 32.3. The maximum Gasteiger partial charge on any atom is 0.418 e. The van der Waals surface area contributed by atoms with Crippen molar-refractivity contribution in [2.24, 2.45) is 0 Å². The molecule has 1 aliphatic heterocycles. The monoisotopic (exact) mass is 455 g/mol. The van der Waals surface area contributed by atoms with Gasteiger partial charge in [-0.15, -0.1) is 10.2 Å². The van der Waals surface area contributed by atoms with E-state index in [9.17, 15) is 18.4 Å². The third-order valence-corrected chi connectivity index (χ3v) is 8.46. The van der Waals surface area contributed by atoms with Gasteiger partial charge in [0, 0.05) is 29.0 Å². The SMILES string of the molecule is COc1ccc(CNS2(Cc3ccccc3)C=Cc3c(C#N)ncc(C(F)(F)F)c32)cc1. The van der Waals surface area contributed by atoms with Gasteiger partial charge in [0.1, 0.15) is 17.5 Å². The second kappa shape index (κ2) is 8.69. The van der Waals surface area contributed by atoms with Crippen molar-refractivity contribution in [3.63, 3.8) is 0 Å². The molecule has 1 N–H and O–H groups in total. The Hall–Kier alpha value is -3.28. The van der Waals surface area contributed by atoms with Crippen LogP contribution < -0.4 is 9.46 Å². The summed E-state index contributed by atoms with van der Waals surface area (Å²) in [7, 11) is -0.731. The number of benzene rings is 2. The molecule has 0 spiro atoms. The van der Waals surface area contributed by atoms with Crippen LogP contribution in [0.1, 0.15) is 27.9 Å². The van der Waals surface area contributed by atoms with Gasteiger partial charge in [0.2, 0.25) is 0 Å². The van der Waals surface area contributed by atoms with Crippen LogP contribution >= 0.6 is 10.2 Å². The van der Waals surface area contributed by atoms with Crippen LogP contribution in [0, 0.1) is 11.3 Å². The molecule has 8 heteroatoms. The fourth-order valence-electron chi connectivity index (χ4n) is 3.68. The second-order valence-corrected chi connectivity index (χ2v) is 10.1. The molecule has 4 rings (SSSR count). The van der Waals surface area contributed by atoms with E-state index in [0.29, 0.717) is 18.0 Å². The van der Waals surface area contributed by atoms with Crippen molar-refractivity contribution in [3.05, 3.63) is 94.1 Å². The molecule has 1 atom stereocenters. The van der Waals surface area contributed by atoms with Crippen LogP contribution in [0.5, 0.6) is 5.75 Å². The third kappa shape index (κ3) is 4.22. The van der Waals surface area contributed by atoms with E-state index in [2.05, 4.69) is 9.71 Å². The Bertz CT molecular complexity index is 1190. The summed E-state index contributed by atoms with van der Waals surface area (Å²) in [5, 5.41) is 11.3. The zero-order valence-electron chi connectivity index (χ0n) is 17.2. The summed E-state index contributed by atoms with van der Waals surface area (Å²) < 4.78 is 50.7. The molecule has 32 heavy (non-hydrogen) atoms. The summed E-state index contributed by atoms with van der Waals surface area (Å²) in [4.78, 5) is 3.90. The van der Waals surface area contributed by atoms with Crippen LogP contribution in [-0.4, -0.2) is 12.1 Å². The maximum atomic E-state index is 14.0. The number of nitrogens with one attached hydrogen (secondary N) is 1. The van der Waals surface area contributed by atoms with Crippen LogP contribution in [0.4, 0.5) is 13.2 Å². The Kier molecular flexibility index (Phi) is 5.96. The van der Waals surface area contributed by atoms with Crippen molar-refractivity contribution in [2.45, 2.75) is 23.4 Å². The number of nitrogens with zero attached hydrogens (tertiary/aromatic N) is 2. The molecule has 0 aliphatic carbocycles. The van der Waals surface area contributed by atoms with Gasteiger partial charge in [-0.3, -0.25) is 4.72 Å². The molecule has 164 valence electrons. The predicted molar refractivity (Wildman–Crippen MR) is 119 cm³/mol. The quantitative estimate of drug-likeness (QED) is 0.493. The summed E-state index contributed by atoms with van der Waals surface area (Å²) in [6.07, 6.45) is -2.20. The summed E-state index contributed by atoms with van der Waals surface area (Å²) >= 11 is 0. The Morgan fingerprint density at radius 3 is 2.41 bits per heavy atom. The normalized spacial score (nSPS) is 19.1. The van der Waals surface area contributed by atoms with Gasteiger partial charge >= 0.3 is 6.18 Å². The first-order chi connectivity index (χ1) is 15.4. The van der Waals surface area contributed by atoms with Crippen molar-refractivity contribution >= 4 is 16.3 Å². The molecule has 2 aromatic carbocycles. The van der Waals surface area contributed by atoms with Crippen LogP contribution in [0.25, 0.3) is 6.08 Å². The number of fused-ring (bicyclic) bond motifs is 1. The molecule has 0 saturated carbocycles. The maximum absolute atomic E-state index is 14.0. The minimum absolute atomic E-state index is 0.00191. The molecule has 0 radical (unpaired) electrons. The first-order valence-corrected chi connectivity index (χ1v) is 11.6. The van der Waals surface area contributed by atoms with E-state index in [4.69, 9.17) is 4.74 Å². The lowest BCUT2D eigenvalue weighted by Gasteiger charge is -2.38. The van der Waals surface area contributed by atoms with Crippen LogP contribution in [0.15, 0.2) is 71.1 Å². The predicted octanol–water partition coefficient (Wildman–Crippen LogP) is 6.03. The van der Waals surface area contributed by atoms with Gasteiger partial charge in [-0.2, -0.15) is 18.4 Å². The lowest BCUT2D eigenvalue weighted by Crippen LogP contribution is -2.23. The van der Waals surface area contributed by atoms with Gasteiger partial charge in [0.05, 0.1) is 12.7 Å². The molecule has 4 nitrogen and oxygen atoms in total. The molecule has 0 bridgehead atoms. The molecule has 1 aromatic heterocycles. The second-order valence-electron chi connectivity index (χ2n) is 7.27. The lowest BCUT2D eigenvalue weighted by molar-refractivity contribution is -0.140. The van der Waals surface area contributed by atoms with Crippen LogP contribution in [0.2, 0.25) is 0 Å². The lowest BCUT2D eigenvalue weighted by atomic mass is 10.1. The highest BCUT2D eigenvalue weighted by Crippen LogP contribution is 2.64. The average molecular weight is 456 g/mol. The van der Waals surface area contributed by atoms with E-state index < -0.39 is 22.0 Å². The molecule has 2 heterocycles. The molecular weight excluding hydrogens is 435 g/mol. The van der Waals surface area contributed by atoms with Gasteiger partial charge < -0.3 is 4.74 Å². The van der Waals surface area contributed by atoms with Crippen LogP contribution in [0.3, 0.4) is 0 Å². The smallest absolute Gasteiger partial charge is 0.418 e. The van der Waals surface area contributed by atoms with Gasteiger partial charge in [0.15, 0.2) is 0 Å². The fraction of sp³-hybridized carbons (Fsp3) is 0.167. The zero-order chi connectivity index (χ0) is 22.8. The van der Waals surface area contributed by atoms with Crippen LogP contribution in [-0.2, 0) is 18.5 Å². The van der Waals surface area contributed by atoms with Crippen molar-refractivity contribution < 1.29 is 17.9 Å². The van der Waals surface area contributed by atoms with E-state index in [1.807, 2.05) is 60.7 Å². The van der Waals surface area contributed by atoms with Crippen molar-refractivity contribution in [1.82, 2.24) is 9.71 Å². The van der Waals surface area contributed by atoms with Gasteiger partial charge in [-0.25, -0.2) is 4.98 Å². The van der Waals surface area contributed by atoms with Gasteiger partial charge in [0.25, 0.3) is 0 Å². The van der Waals surface area contributed by atoms with E-state index in [1.54, 1.807) is 18.6 Å². The number of nitriles is 1. The molecule has 1 aliphatic rings. The Morgan fingerprint density at radius 1 is 1.06 bits per heavy atom. The molecule has 0 fully saturated rings. The first kappa shape index (κ1) is 21.9. The Balaban J connectivity index is 1.81. The summed E-state index contributed by atoms with van der Waals surface area (Å²) in [5.41, 5.74) is 1.26. The highest BCUT2D eigenvalue weighted by Gasteiger charge is 2.43. The molecule has 0 amide bonds. The summed E-state index contributed by atoms with van der Waals surface area (Å²) in [6.45, 7) is 0.359. The average Bonchev–Trinajstić information content (AvgIpc) is 3.17. The summed E-state index contributed by atoms with van der Waals surface area (Å²) in [6, 6.07) is 18.7. The number of hydrogen-bond donors (Lipinski definition) is 1. The minimum Gasteiger partial charge on any atom is -0.497 e. The molecule has 3 aromatic rings. The molecule has 1 unspecified atom stereocenters. The molecular formula is C24H20F3N3OS. The number of aromatic nitrogens is 1. The number of rotatable bonds is 6. The van der Waals surface area contributed by atoms with E-state index >= 15 is 0 Å². The number of hydrogen-bond acceptors (Lipinski definition) is 4. The number of ether oxygens (including phenoxy) is 1. The van der Waals surface area contributed by atoms with Crippen molar-refractivity contribution in [3.8, 4) is 11.8 Å². The topological polar surface area (TPSA) is 57.9 Å². The third-order valence-electron chi connectivity index (χ3n) is 5.24. The van der Waals surface area contributed by atoms with Crippen molar-refractivity contribution in [2.75, 3.05) is 7.11 Å². The Labute approximate surface area is 185 Å². The zero-order valence-corrected chi connectivity index (χ0v) is 18.0.